The Morgan fingerprint density at radius 3 is 2.29 bits per heavy atom. The molecule has 0 aliphatic carbocycles. The Hall–Kier alpha value is -3.27. The van der Waals surface area contributed by atoms with Crippen LogP contribution in [0.3, 0.4) is 0 Å². The Kier molecular flexibility index (Phi) is 7.40. The third kappa shape index (κ3) is 5.60. The molecule has 0 saturated carbocycles. The quantitative estimate of drug-likeness (QED) is 0.319. The Morgan fingerprint density at radius 1 is 0.921 bits per heavy atom. The van der Waals surface area contributed by atoms with Crippen molar-refractivity contribution in [2.75, 3.05) is 12.5 Å². The van der Waals surface area contributed by atoms with E-state index in [0.29, 0.717) is 22.5 Å². The molecule has 1 unspecified atom stereocenters. The Morgan fingerprint density at radius 2 is 1.63 bits per heavy atom. The average Bonchev–Trinajstić information content (AvgIpc) is 2.85. The first-order valence-electron chi connectivity index (χ1n) is 12.0. The maximum Gasteiger partial charge on any atom is 0.175 e. The molecule has 7 nitrogen and oxygen atoms in total. The van der Waals surface area contributed by atoms with Crippen molar-refractivity contribution in [3.63, 3.8) is 0 Å². The van der Waals surface area contributed by atoms with Gasteiger partial charge in [-0.25, -0.2) is 16.8 Å². The molecule has 1 heterocycles. The van der Waals surface area contributed by atoms with E-state index in [1.165, 1.54) is 18.4 Å². The fourth-order valence-corrected chi connectivity index (χ4v) is 5.26. The van der Waals surface area contributed by atoms with Crippen molar-refractivity contribution in [1.82, 2.24) is 4.98 Å². The first-order chi connectivity index (χ1) is 17.7. The molecule has 0 aliphatic rings. The summed E-state index contributed by atoms with van der Waals surface area (Å²) < 4.78 is 53.5. The first-order valence-corrected chi connectivity index (χ1v) is 15.8. The van der Waals surface area contributed by atoms with E-state index in [-0.39, 0.29) is 11.5 Å². The zero-order valence-corrected chi connectivity index (χ0v) is 23.6. The minimum Gasteiger partial charge on any atom is -0.489 e. The van der Waals surface area contributed by atoms with Gasteiger partial charge >= 0.3 is 0 Å². The SMILES string of the molecule is CC(O)c1cc(S(C)(=O)=O)ccc1OCc1cccc(-c2cccc3ccc(C(C)(C)S(C)(=O)=O)nc23)c1. The Balaban J connectivity index is 1.69. The average molecular weight is 554 g/mol. The first kappa shape index (κ1) is 27.8. The maximum absolute atomic E-state index is 12.4. The highest BCUT2D eigenvalue weighted by Gasteiger charge is 2.34. The van der Waals surface area contributed by atoms with Gasteiger partial charge in [0.15, 0.2) is 19.7 Å². The highest BCUT2D eigenvalue weighted by molar-refractivity contribution is 7.91. The Labute approximate surface area is 224 Å². The minimum atomic E-state index is -3.42. The maximum atomic E-state index is 12.4. The Bertz CT molecular complexity index is 1730. The molecule has 0 bridgehead atoms. The van der Waals surface area contributed by atoms with E-state index >= 15 is 0 Å². The van der Waals surface area contributed by atoms with E-state index in [2.05, 4.69) is 0 Å². The third-order valence-electron chi connectivity index (χ3n) is 6.76. The molecule has 3 aromatic carbocycles. The lowest BCUT2D eigenvalue weighted by atomic mass is 9.99. The standard InChI is InChI=1S/C29H31NO6S2/c1-19(31)25-17-23(37(4,32)33)13-14-26(25)36-18-20-8-6-10-22(16-20)24-11-7-9-21-12-15-27(30-28(21)24)29(2,3)38(5,34)35/h6-17,19,31H,18H2,1-5H3. The molecule has 1 aromatic heterocycles. The van der Waals surface area contributed by atoms with Gasteiger partial charge in [0, 0.05) is 29.0 Å². The number of rotatable bonds is 8. The molecule has 38 heavy (non-hydrogen) atoms. The normalized spacial score (nSPS) is 13.4. The topological polar surface area (TPSA) is 111 Å². The summed E-state index contributed by atoms with van der Waals surface area (Å²) in [5.41, 5.74) is 4.17. The summed E-state index contributed by atoms with van der Waals surface area (Å²) in [4.78, 5) is 4.90. The molecule has 0 aliphatic heterocycles. The number of fused-ring (bicyclic) bond motifs is 1. The van der Waals surface area contributed by atoms with Crippen LogP contribution in [0.2, 0.25) is 0 Å². The summed E-state index contributed by atoms with van der Waals surface area (Å²) in [7, 11) is -6.82. The summed E-state index contributed by atoms with van der Waals surface area (Å²) >= 11 is 0. The van der Waals surface area contributed by atoms with Crippen LogP contribution >= 0.6 is 0 Å². The fourth-order valence-electron chi connectivity index (χ4n) is 4.11. The molecule has 9 heteroatoms. The number of para-hydroxylation sites is 1. The van der Waals surface area contributed by atoms with Crippen molar-refractivity contribution in [3.8, 4) is 16.9 Å². The monoisotopic (exact) mass is 553 g/mol. The second kappa shape index (κ2) is 10.1. The number of hydrogen-bond acceptors (Lipinski definition) is 7. The predicted molar refractivity (Wildman–Crippen MR) is 150 cm³/mol. The summed E-state index contributed by atoms with van der Waals surface area (Å²) in [6.45, 7) is 5.06. The van der Waals surface area contributed by atoms with Gasteiger partial charge < -0.3 is 9.84 Å². The number of benzene rings is 3. The van der Waals surface area contributed by atoms with Gasteiger partial charge in [0.2, 0.25) is 0 Å². The van der Waals surface area contributed by atoms with E-state index in [1.807, 2.05) is 48.5 Å². The van der Waals surface area contributed by atoms with Crippen LogP contribution in [-0.2, 0) is 31.0 Å². The van der Waals surface area contributed by atoms with E-state index in [9.17, 15) is 21.9 Å². The summed E-state index contributed by atoms with van der Waals surface area (Å²) in [5.74, 6) is 0.400. The number of aliphatic hydroxyl groups excluding tert-OH is 1. The lowest BCUT2D eigenvalue weighted by Crippen LogP contribution is -2.29. The number of sulfone groups is 2. The zero-order chi connectivity index (χ0) is 27.9. The molecule has 1 N–H and O–H groups in total. The van der Waals surface area contributed by atoms with Gasteiger partial charge in [-0.3, -0.25) is 4.98 Å². The van der Waals surface area contributed by atoms with Gasteiger partial charge in [0.1, 0.15) is 17.1 Å². The van der Waals surface area contributed by atoms with Crippen molar-refractivity contribution in [2.24, 2.45) is 0 Å². The van der Waals surface area contributed by atoms with E-state index in [0.717, 1.165) is 28.3 Å². The zero-order valence-electron chi connectivity index (χ0n) is 22.0. The molecule has 200 valence electrons. The van der Waals surface area contributed by atoms with Crippen molar-refractivity contribution >= 4 is 30.6 Å². The van der Waals surface area contributed by atoms with Gasteiger partial charge in [0.25, 0.3) is 0 Å². The van der Waals surface area contributed by atoms with Crippen LogP contribution in [0, 0.1) is 0 Å². The van der Waals surface area contributed by atoms with Gasteiger partial charge in [-0.15, -0.1) is 0 Å². The van der Waals surface area contributed by atoms with E-state index < -0.39 is 30.5 Å². The highest BCUT2D eigenvalue weighted by atomic mass is 32.2. The molecule has 4 aromatic rings. The van der Waals surface area contributed by atoms with Crippen LogP contribution in [0.25, 0.3) is 22.0 Å². The fraction of sp³-hybridized carbons (Fsp3) is 0.276. The third-order valence-corrected chi connectivity index (χ3v) is 9.93. The molecule has 1 atom stereocenters. The van der Waals surface area contributed by atoms with Crippen molar-refractivity contribution in [3.05, 3.63) is 89.6 Å². The summed E-state index contributed by atoms with van der Waals surface area (Å²) in [5, 5.41) is 11.1. The molecule has 0 saturated heterocycles. The highest BCUT2D eigenvalue weighted by Crippen LogP contribution is 2.33. The van der Waals surface area contributed by atoms with Crippen molar-refractivity contribution in [2.45, 2.75) is 43.1 Å². The second-order valence-corrected chi connectivity index (χ2v) is 14.6. The van der Waals surface area contributed by atoms with Gasteiger partial charge in [-0.1, -0.05) is 42.5 Å². The van der Waals surface area contributed by atoms with Crippen LogP contribution < -0.4 is 4.74 Å². The summed E-state index contributed by atoms with van der Waals surface area (Å²) in [6.07, 6.45) is 1.42. The van der Waals surface area contributed by atoms with Crippen molar-refractivity contribution in [1.29, 1.82) is 0 Å². The molecule has 0 fully saturated rings. The lowest BCUT2D eigenvalue weighted by molar-refractivity contribution is 0.189. The molecule has 0 spiro atoms. The predicted octanol–water partition coefficient (Wildman–Crippen LogP) is 5.22. The number of nitrogens with zero attached hydrogens (tertiary/aromatic N) is 1. The molecule has 0 amide bonds. The van der Waals surface area contributed by atoms with Crippen LogP contribution in [-0.4, -0.2) is 39.4 Å². The van der Waals surface area contributed by atoms with Crippen LogP contribution in [0.1, 0.15) is 43.7 Å². The number of ether oxygens (including phenoxy) is 1. The van der Waals surface area contributed by atoms with Gasteiger partial charge in [0.05, 0.1) is 22.2 Å². The van der Waals surface area contributed by atoms with E-state index in [4.69, 9.17) is 9.72 Å². The van der Waals surface area contributed by atoms with Gasteiger partial charge in [-0.2, -0.15) is 0 Å². The smallest absolute Gasteiger partial charge is 0.175 e. The van der Waals surface area contributed by atoms with Crippen LogP contribution in [0.5, 0.6) is 5.75 Å². The lowest BCUT2D eigenvalue weighted by Gasteiger charge is -2.22. The molecule has 0 radical (unpaired) electrons. The van der Waals surface area contributed by atoms with Gasteiger partial charge in [-0.05, 0) is 62.2 Å². The van der Waals surface area contributed by atoms with Crippen LogP contribution in [0.4, 0.5) is 0 Å². The number of aliphatic hydroxyl groups is 1. The van der Waals surface area contributed by atoms with E-state index in [1.54, 1.807) is 32.9 Å². The molecular formula is C29H31NO6S2. The minimum absolute atomic E-state index is 0.115. The molecule has 4 rings (SSSR count). The second-order valence-electron chi connectivity index (χ2n) is 9.99. The largest absolute Gasteiger partial charge is 0.489 e. The summed E-state index contributed by atoms with van der Waals surface area (Å²) in [6, 6.07) is 21.7. The molecular weight excluding hydrogens is 522 g/mol. The number of pyridine rings is 1. The number of hydrogen-bond donors (Lipinski definition) is 1. The van der Waals surface area contributed by atoms with Crippen LogP contribution in [0.15, 0.2) is 77.7 Å². The van der Waals surface area contributed by atoms with Crippen molar-refractivity contribution < 1.29 is 26.7 Å². The number of aromatic nitrogens is 1.